The molecule has 180 valence electrons. The Morgan fingerprint density at radius 2 is 1.48 bits per heavy atom. The minimum Gasteiger partial charge on any atom is -0.494 e. The second-order valence-corrected chi connectivity index (χ2v) is 9.75. The number of ether oxygens (including phenoxy) is 3. The van der Waals surface area contributed by atoms with Crippen molar-refractivity contribution in [2.24, 2.45) is 5.16 Å². The van der Waals surface area contributed by atoms with E-state index in [1.54, 1.807) is 18.3 Å². The van der Waals surface area contributed by atoms with E-state index in [9.17, 15) is 0 Å². The van der Waals surface area contributed by atoms with Crippen molar-refractivity contribution in [3.05, 3.63) is 62.6 Å². The average molecular weight is 535 g/mol. The van der Waals surface area contributed by atoms with E-state index in [0.29, 0.717) is 34.8 Å². The molecule has 5 nitrogen and oxygen atoms in total. The first-order valence-corrected chi connectivity index (χ1v) is 11.9. The number of benzene rings is 2. The van der Waals surface area contributed by atoms with Gasteiger partial charge in [-0.05, 0) is 69.5 Å². The van der Waals surface area contributed by atoms with Gasteiger partial charge in [0.05, 0.1) is 29.5 Å². The van der Waals surface area contributed by atoms with Gasteiger partial charge in [-0.1, -0.05) is 51.6 Å². The van der Waals surface area contributed by atoms with Crippen LogP contribution < -0.4 is 14.2 Å². The normalized spacial score (nSPS) is 11.4. The molecule has 0 unspecified atom stereocenters. The molecule has 0 saturated carbocycles. The van der Waals surface area contributed by atoms with Crippen molar-refractivity contribution in [2.75, 3.05) is 19.8 Å². The van der Waals surface area contributed by atoms with E-state index in [-0.39, 0.29) is 16.7 Å². The summed E-state index contributed by atoms with van der Waals surface area (Å²) in [5.41, 5.74) is 0.624. The fourth-order valence-electron chi connectivity index (χ4n) is 2.42. The van der Waals surface area contributed by atoms with Crippen molar-refractivity contribution >= 4 is 52.6 Å². The van der Waals surface area contributed by atoms with Gasteiger partial charge in [-0.25, -0.2) is 0 Å². The van der Waals surface area contributed by atoms with Crippen LogP contribution in [0.25, 0.3) is 0 Å². The highest BCUT2D eigenvalue weighted by Gasteiger charge is 2.11. The third-order valence-electron chi connectivity index (χ3n) is 3.92. The maximum absolute atomic E-state index is 6.26. The SMILES string of the molecule is CC(C)(C)ON=Cc1ccc(OCCCCOc2c(Cl)cc(OCC=C(Cl)Cl)cc2Cl)cc1. The van der Waals surface area contributed by atoms with Crippen LogP contribution in [0, 0.1) is 0 Å². The quantitative estimate of drug-likeness (QED) is 0.157. The Morgan fingerprint density at radius 3 is 2.06 bits per heavy atom. The number of nitrogens with zero attached hydrogens (tertiary/aromatic N) is 1. The summed E-state index contributed by atoms with van der Waals surface area (Å²) in [5, 5.41) is 4.72. The van der Waals surface area contributed by atoms with E-state index >= 15 is 0 Å². The van der Waals surface area contributed by atoms with Crippen molar-refractivity contribution in [1.29, 1.82) is 0 Å². The van der Waals surface area contributed by atoms with Gasteiger partial charge in [-0.15, -0.1) is 0 Å². The van der Waals surface area contributed by atoms with E-state index in [4.69, 9.17) is 65.5 Å². The van der Waals surface area contributed by atoms with Crippen molar-refractivity contribution in [2.45, 2.75) is 39.2 Å². The van der Waals surface area contributed by atoms with E-state index in [2.05, 4.69) is 5.16 Å². The van der Waals surface area contributed by atoms with Gasteiger partial charge in [-0.2, -0.15) is 0 Å². The van der Waals surface area contributed by atoms with Crippen LogP contribution in [-0.4, -0.2) is 31.6 Å². The minimum atomic E-state index is -0.310. The first kappa shape index (κ1) is 27.5. The van der Waals surface area contributed by atoms with Gasteiger partial charge in [-0.3, -0.25) is 0 Å². The van der Waals surface area contributed by atoms with E-state index in [0.717, 1.165) is 24.2 Å². The number of halogens is 4. The fraction of sp³-hybridized carbons (Fsp3) is 0.375. The third kappa shape index (κ3) is 11.3. The van der Waals surface area contributed by atoms with Crippen LogP contribution >= 0.6 is 46.4 Å². The second-order valence-electron chi connectivity index (χ2n) is 7.93. The Morgan fingerprint density at radius 1 is 0.879 bits per heavy atom. The molecule has 2 aromatic rings. The van der Waals surface area contributed by atoms with E-state index in [1.165, 1.54) is 6.08 Å². The lowest BCUT2D eigenvalue weighted by Crippen LogP contribution is -2.15. The Balaban J connectivity index is 1.69. The smallest absolute Gasteiger partial charge is 0.156 e. The summed E-state index contributed by atoms with van der Waals surface area (Å²) in [4.78, 5) is 5.33. The first-order valence-electron chi connectivity index (χ1n) is 10.3. The van der Waals surface area contributed by atoms with Gasteiger partial charge in [0, 0.05) is 12.1 Å². The van der Waals surface area contributed by atoms with Crippen molar-refractivity contribution < 1.29 is 19.0 Å². The molecule has 0 radical (unpaired) electrons. The molecule has 33 heavy (non-hydrogen) atoms. The summed E-state index contributed by atoms with van der Waals surface area (Å²) in [7, 11) is 0. The molecule has 2 aromatic carbocycles. The highest BCUT2D eigenvalue weighted by molar-refractivity contribution is 6.55. The summed E-state index contributed by atoms with van der Waals surface area (Å²) in [6, 6.07) is 10.9. The molecule has 0 fully saturated rings. The van der Waals surface area contributed by atoms with Crippen LogP contribution in [0.2, 0.25) is 10.0 Å². The Hall–Kier alpha value is -1.79. The van der Waals surface area contributed by atoms with Gasteiger partial charge < -0.3 is 19.0 Å². The molecule has 0 saturated heterocycles. The second kappa shape index (κ2) is 13.8. The molecular weight excluding hydrogens is 508 g/mol. The molecule has 0 bridgehead atoms. The number of oxime groups is 1. The minimum absolute atomic E-state index is 0.129. The summed E-state index contributed by atoms with van der Waals surface area (Å²) in [6.45, 7) is 7.06. The molecule has 0 heterocycles. The molecule has 0 spiro atoms. The maximum atomic E-state index is 6.26. The van der Waals surface area contributed by atoms with Crippen molar-refractivity contribution in [3.8, 4) is 17.2 Å². The van der Waals surface area contributed by atoms with Crippen LogP contribution in [0.15, 0.2) is 52.1 Å². The maximum Gasteiger partial charge on any atom is 0.156 e. The molecule has 0 aliphatic carbocycles. The number of unbranched alkanes of at least 4 members (excludes halogenated alkanes) is 1. The zero-order chi connectivity index (χ0) is 24.3. The Kier molecular flexibility index (Phi) is 11.5. The predicted molar refractivity (Wildman–Crippen MR) is 137 cm³/mol. The molecule has 0 amide bonds. The molecule has 0 aliphatic heterocycles. The van der Waals surface area contributed by atoms with Gasteiger partial charge >= 0.3 is 0 Å². The molecule has 0 atom stereocenters. The lowest BCUT2D eigenvalue weighted by atomic mass is 10.2. The predicted octanol–water partition coefficient (Wildman–Crippen LogP) is 8.08. The summed E-state index contributed by atoms with van der Waals surface area (Å²) in [5.74, 6) is 1.71. The van der Waals surface area contributed by atoms with Crippen LogP contribution in [0.1, 0.15) is 39.2 Å². The van der Waals surface area contributed by atoms with Crippen LogP contribution in [0.5, 0.6) is 17.2 Å². The third-order valence-corrected chi connectivity index (χ3v) is 4.79. The zero-order valence-corrected chi connectivity index (χ0v) is 21.8. The van der Waals surface area contributed by atoms with E-state index < -0.39 is 0 Å². The van der Waals surface area contributed by atoms with Crippen molar-refractivity contribution in [1.82, 2.24) is 0 Å². The lowest BCUT2D eigenvalue weighted by Gasteiger charge is -2.14. The Bertz CT molecular complexity index is 913. The number of hydrogen-bond acceptors (Lipinski definition) is 5. The lowest BCUT2D eigenvalue weighted by molar-refractivity contribution is 0.00199. The zero-order valence-electron chi connectivity index (χ0n) is 18.7. The summed E-state index contributed by atoms with van der Waals surface area (Å²) < 4.78 is 17.1. The van der Waals surface area contributed by atoms with Crippen LogP contribution in [-0.2, 0) is 4.84 Å². The molecule has 2 rings (SSSR count). The summed E-state index contributed by atoms with van der Waals surface area (Å²) in [6.07, 6.45) is 4.78. The monoisotopic (exact) mass is 533 g/mol. The van der Waals surface area contributed by atoms with Gasteiger partial charge in [0.1, 0.15) is 28.2 Å². The van der Waals surface area contributed by atoms with Gasteiger partial charge in [0.2, 0.25) is 0 Å². The number of rotatable bonds is 12. The molecular formula is C24H27Cl4NO4. The Labute approximate surface area is 215 Å². The molecule has 0 N–H and O–H groups in total. The van der Waals surface area contributed by atoms with E-state index in [1.807, 2.05) is 45.0 Å². The highest BCUT2D eigenvalue weighted by atomic mass is 35.5. The van der Waals surface area contributed by atoms with Gasteiger partial charge in [0.15, 0.2) is 5.75 Å². The largest absolute Gasteiger partial charge is 0.494 e. The number of hydrogen-bond donors (Lipinski definition) is 0. The van der Waals surface area contributed by atoms with Crippen LogP contribution in [0.4, 0.5) is 0 Å². The van der Waals surface area contributed by atoms with Crippen LogP contribution in [0.3, 0.4) is 0 Å². The standard InChI is InChI=1S/C24H27Cl4NO4/c1-24(2,3)33-29-16-17-6-8-18(9-7-17)30-11-4-5-12-32-23-20(25)14-19(15-21(23)26)31-13-10-22(27)28/h6-10,14-16H,4-5,11-13H2,1-3H3. The highest BCUT2D eigenvalue weighted by Crippen LogP contribution is 2.37. The first-order chi connectivity index (χ1) is 15.6. The summed E-state index contributed by atoms with van der Waals surface area (Å²) >= 11 is 23.6. The average Bonchev–Trinajstić information content (AvgIpc) is 2.72. The van der Waals surface area contributed by atoms with Gasteiger partial charge in [0.25, 0.3) is 0 Å². The molecule has 9 heteroatoms. The van der Waals surface area contributed by atoms with Crippen molar-refractivity contribution in [3.63, 3.8) is 0 Å². The topological polar surface area (TPSA) is 49.3 Å². The fourth-order valence-corrected chi connectivity index (χ4v) is 3.12. The molecule has 0 aliphatic rings. The molecule has 0 aromatic heterocycles.